The van der Waals surface area contributed by atoms with Crippen molar-refractivity contribution in [2.24, 2.45) is 0 Å². The standard InChI is InChI=1S/C30H29FN2O4/c1-20-13-15-24(16-14-20)30(22-9-5-3-6-10-22,23-11-7-4-8-12-23)36-19-25-17-26(31)28(37-25)33-18-21(2)27(34)32-29(33)35/h3-16,18,25-26,28H,17,19H2,1-2H3,(H,32,34,35)/t25-,26-,28+/m0/s1. The van der Waals surface area contributed by atoms with E-state index in [1.807, 2.05) is 91.9 Å². The maximum atomic E-state index is 15.1. The van der Waals surface area contributed by atoms with Crippen molar-refractivity contribution in [2.75, 3.05) is 6.61 Å². The third-order valence-corrected chi connectivity index (χ3v) is 6.85. The largest absolute Gasteiger partial charge is 0.358 e. The van der Waals surface area contributed by atoms with Crippen LogP contribution in [-0.2, 0) is 15.1 Å². The fourth-order valence-corrected chi connectivity index (χ4v) is 4.93. The quantitative estimate of drug-likeness (QED) is 0.371. The molecule has 1 N–H and O–H groups in total. The van der Waals surface area contributed by atoms with E-state index in [0.29, 0.717) is 5.56 Å². The molecule has 0 bridgehead atoms. The third-order valence-electron chi connectivity index (χ3n) is 6.85. The first-order valence-electron chi connectivity index (χ1n) is 12.3. The van der Waals surface area contributed by atoms with Crippen molar-refractivity contribution in [3.05, 3.63) is 140 Å². The summed E-state index contributed by atoms with van der Waals surface area (Å²) in [5.74, 6) is 0. The Morgan fingerprint density at radius 2 is 1.49 bits per heavy atom. The van der Waals surface area contributed by atoms with Crippen LogP contribution in [0.5, 0.6) is 0 Å². The molecule has 0 amide bonds. The minimum absolute atomic E-state index is 0.0584. The number of nitrogens with one attached hydrogen (secondary N) is 1. The summed E-state index contributed by atoms with van der Waals surface area (Å²) < 4.78 is 29.0. The highest BCUT2D eigenvalue weighted by molar-refractivity contribution is 5.48. The average Bonchev–Trinajstić information content (AvgIpc) is 3.28. The number of hydrogen-bond donors (Lipinski definition) is 1. The van der Waals surface area contributed by atoms with Crippen LogP contribution in [0.1, 0.15) is 40.5 Å². The Morgan fingerprint density at radius 1 is 0.919 bits per heavy atom. The molecule has 3 atom stereocenters. The second kappa shape index (κ2) is 10.3. The van der Waals surface area contributed by atoms with Crippen molar-refractivity contribution in [2.45, 2.75) is 44.4 Å². The zero-order valence-electron chi connectivity index (χ0n) is 20.8. The van der Waals surface area contributed by atoms with E-state index >= 15 is 4.39 Å². The summed E-state index contributed by atoms with van der Waals surface area (Å²) in [7, 11) is 0. The number of hydrogen-bond acceptors (Lipinski definition) is 4. The SMILES string of the molecule is Cc1ccc(C(OC[C@@H]2C[C@H](F)[C@H](n3cc(C)c(=O)[nH]c3=O)O2)(c2ccccc2)c2ccccc2)cc1. The first kappa shape index (κ1) is 24.9. The molecule has 1 aromatic heterocycles. The first-order valence-corrected chi connectivity index (χ1v) is 12.3. The van der Waals surface area contributed by atoms with Gasteiger partial charge in [0.25, 0.3) is 5.56 Å². The van der Waals surface area contributed by atoms with Crippen LogP contribution in [0.3, 0.4) is 0 Å². The smallest absolute Gasteiger partial charge is 0.330 e. The predicted molar refractivity (Wildman–Crippen MR) is 139 cm³/mol. The normalized spacial score (nSPS) is 19.7. The summed E-state index contributed by atoms with van der Waals surface area (Å²) in [5, 5.41) is 0. The van der Waals surface area contributed by atoms with Crippen molar-refractivity contribution in [1.82, 2.24) is 9.55 Å². The van der Waals surface area contributed by atoms with E-state index in [4.69, 9.17) is 9.47 Å². The number of aromatic nitrogens is 2. The molecule has 4 aromatic rings. The highest BCUT2D eigenvalue weighted by Gasteiger charge is 2.42. The van der Waals surface area contributed by atoms with Crippen molar-refractivity contribution in [1.29, 1.82) is 0 Å². The number of halogens is 1. The van der Waals surface area contributed by atoms with Gasteiger partial charge in [0.15, 0.2) is 6.23 Å². The van der Waals surface area contributed by atoms with Gasteiger partial charge in [-0.15, -0.1) is 0 Å². The molecule has 37 heavy (non-hydrogen) atoms. The van der Waals surface area contributed by atoms with Crippen molar-refractivity contribution >= 4 is 0 Å². The highest BCUT2D eigenvalue weighted by Crippen LogP contribution is 2.42. The fraction of sp³-hybridized carbons (Fsp3) is 0.267. The summed E-state index contributed by atoms with van der Waals surface area (Å²) in [5.41, 5.74) is 2.08. The van der Waals surface area contributed by atoms with Gasteiger partial charge in [-0.05, 0) is 30.5 Å². The van der Waals surface area contributed by atoms with E-state index in [9.17, 15) is 9.59 Å². The number of benzene rings is 3. The number of aromatic amines is 1. The lowest BCUT2D eigenvalue weighted by Crippen LogP contribution is -2.36. The molecule has 6 nitrogen and oxygen atoms in total. The Kier molecular flexibility index (Phi) is 6.91. The molecular weight excluding hydrogens is 471 g/mol. The lowest BCUT2D eigenvalue weighted by Gasteiger charge is -2.36. The lowest BCUT2D eigenvalue weighted by molar-refractivity contribution is -0.0826. The first-order chi connectivity index (χ1) is 17.9. The zero-order chi connectivity index (χ0) is 26.0. The summed E-state index contributed by atoms with van der Waals surface area (Å²) in [6, 6.07) is 28.0. The second-order valence-electron chi connectivity index (χ2n) is 9.47. The monoisotopic (exact) mass is 500 g/mol. The summed E-state index contributed by atoms with van der Waals surface area (Å²) in [4.78, 5) is 26.3. The van der Waals surface area contributed by atoms with Crippen LogP contribution in [0, 0.1) is 13.8 Å². The van der Waals surface area contributed by atoms with Gasteiger partial charge in [0.05, 0.1) is 12.7 Å². The van der Waals surface area contributed by atoms with Gasteiger partial charge in [-0.2, -0.15) is 0 Å². The molecule has 7 heteroatoms. The van der Waals surface area contributed by atoms with Crippen molar-refractivity contribution in [3.8, 4) is 0 Å². The number of aryl methyl sites for hydroxylation is 2. The van der Waals surface area contributed by atoms with Gasteiger partial charge in [-0.3, -0.25) is 14.3 Å². The third kappa shape index (κ3) is 4.80. The Balaban J connectivity index is 1.51. The maximum absolute atomic E-state index is 15.1. The topological polar surface area (TPSA) is 73.3 Å². The minimum Gasteiger partial charge on any atom is -0.358 e. The Morgan fingerprint density at radius 3 is 2.08 bits per heavy atom. The van der Waals surface area contributed by atoms with Gasteiger partial charge in [0.2, 0.25) is 0 Å². The van der Waals surface area contributed by atoms with E-state index in [0.717, 1.165) is 26.8 Å². The Hall–Kier alpha value is -3.81. The molecule has 0 radical (unpaired) electrons. The molecule has 1 aliphatic rings. The molecule has 190 valence electrons. The van der Waals surface area contributed by atoms with E-state index in [1.54, 1.807) is 6.92 Å². The van der Waals surface area contributed by atoms with Gasteiger partial charge in [0, 0.05) is 18.2 Å². The number of rotatable bonds is 7. The average molecular weight is 501 g/mol. The molecule has 0 spiro atoms. The molecule has 1 saturated heterocycles. The number of nitrogens with zero attached hydrogens (tertiary/aromatic N) is 1. The molecule has 1 aliphatic heterocycles. The van der Waals surface area contributed by atoms with Crippen LogP contribution >= 0.6 is 0 Å². The maximum Gasteiger partial charge on any atom is 0.330 e. The number of alkyl halides is 1. The molecule has 3 aromatic carbocycles. The number of ether oxygens (including phenoxy) is 2. The van der Waals surface area contributed by atoms with E-state index in [1.165, 1.54) is 6.20 Å². The molecule has 5 rings (SSSR count). The summed E-state index contributed by atoms with van der Waals surface area (Å²) in [6.07, 6.45) is -1.77. The van der Waals surface area contributed by atoms with Crippen LogP contribution in [0.2, 0.25) is 0 Å². The molecule has 2 heterocycles. The Bertz CT molecular complexity index is 1430. The molecule has 1 fully saturated rings. The van der Waals surface area contributed by atoms with Gasteiger partial charge in [0.1, 0.15) is 11.8 Å². The van der Waals surface area contributed by atoms with Crippen molar-refractivity contribution < 1.29 is 13.9 Å². The zero-order valence-corrected chi connectivity index (χ0v) is 20.8. The van der Waals surface area contributed by atoms with Crippen LogP contribution in [0.4, 0.5) is 4.39 Å². The van der Waals surface area contributed by atoms with Gasteiger partial charge in [-0.1, -0.05) is 90.5 Å². The summed E-state index contributed by atoms with van der Waals surface area (Å²) >= 11 is 0. The van der Waals surface area contributed by atoms with Gasteiger partial charge < -0.3 is 9.47 Å². The Labute approximate surface area is 214 Å². The molecule has 0 aliphatic carbocycles. The molecule has 0 saturated carbocycles. The molecule has 0 unspecified atom stereocenters. The van der Waals surface area contributed by atoms with Crippen LogP contribution in [-0.4, -0.2) is 28.4 Å². The predicted octanol–water partition coefficient (Wildman–Crippen LogP) is 4.79. The minimum atomic E-state index is -1.43. The van der Waals surface area contributed by atoms with Crippen LogP contribution in [0.15, 0.2) is 101 Å². The van der Waals surface area contributed by atoms with Crippen molar-refractivity contribution in [3.63, 3.8) is 0 Å². The van der Waals surface area contributed by atoms with Gasteiger partial charge >= 0.3 is 5.69 Å². The van der Waals surface area contributed by atoms with E-state index < -0.39 is 35.4 Å². The van der Waals surface area contributed by atoms with E-state index in [2.05, 4.69) is 4.98 Å². The van der Waals surface area contributed by atoms with Crippen LogP contribution < -0.4 is 11.2 Å². The van der Waals surface area contributed by atoms with E-state index in [-0.39, 0.29) is 13.0 Å². The highest BCUT2D eigenvalue weighted by atomic mass is 19.1. The lowest BCUT2D eigenvalue weighted by atomic mass is 9.80. The van der Waals surface area contributed by atoms with Crippen LogP contribution in [0.25, 0.3) is 0 Å². The fourth-order valence-electron chi connectivity index (χ4n) is 4.93. The summed E-state index contributed by atoms with van der Waals surface area (Å²) in [6.45, 7) is 3.69. The molecular formula is C30H29FN2O4. The second-order valence-corrected chi connectivity index (χ2v) is 9.47. The van der Waals surface area contributed by atoms with Gasteiger partial charge in [-0.25, -0.2) is 9.18 Å². The number of H-pyrrole nitrogens is 1.